The van der Waals surface area contributed by atoms with Gasteiger partial charge in [-0.1, -0.05) is 0 Å². The number of hydrogen-bond donors (Lipinski definition) is 2. The van der Waals surface area contributed by atoms with Gasteiger partial charge >= 0.3 is 0 Å². The van der Waals surface area contributed by atoms with Crippen LogP contribution in [0.25, 0.3) is 0 Å². The van der Waals surface area contributed by atoms with Crippen molar-refractivity contribution in [3.05, 3.63) is 0 Å². The third kappa shape index (κ3) is 2.98. The van der Waals surface area contributed by atoms with Gasteiger partial charge in [0.05, 0.1) is 6.61 Å². The van der Waals surface area contributed by atoms with E-state index in [-0.39, 0.29) is 6.61 Å². The zero-order valence-electron chi connectivity index (χ0n) is 4.52. The van der Waals surface area contributed by atoms with E-state index < -0.39 is 5.54 Å². The molecule has 44 valence electrons. The van der Waals surface area contributed by atoms with E-state index in [0.29, 0.717) is 0 Å². The molecule has 0 radical (unpaired) electrons. The van der Waals surface area contributed by atoms with Crippen LogP contribution in [0.5, 0.6) is 0 Å². The SMILES string of the molecule is CC(N)(CO)CP. The van der Waals surface area contributed by atoms with E-state index in [1.54, 1.807) is 6.92 Å². The van der Waals surface area contributed by atoms with E-state index in [2.05, 4.69) is 9.24 Å². The van der Waals surface area contributed by atoms with Crippen LogP contribution in [-0.4, -0.2) is 23.4 Å². The number of rotatable bonds is 2. The standard InChI is InChI=1S/C4H12NOP/c1-4(5,2-6)3-7/h6H,2-3,5,7H2,1H3. The first-order valence-electron chi connectivity index (χ1n) is 2.22. The monoisotopic (exact) mass is 121 g/mol. The number of nitrogens with two attached hydrogens (primary N) is 1. The van der Waals surface area contributed by atoms with Gasteiger partial charge in [-0.25, -0.2) is 0 Å². The summed E-state index contributed by atoms with van der Waals surface area (Å²) in [6.45, 7) is 1.86. The molecular weight excluding hydrogens is 109 g/mol. The Bertz CT molecular complexity index is 49.7. The van der Waals surface area contributed by atoms with Gasteiger partial charge in [-0.2, -0.15) is 0 Å². The molecule has 0 aromatic carbocycles. The molecule has 0 rings (SSSR count). The van der Waals surface area contributed by atoms with E-state index in [9.17, 15) is 0 Å². The van der Waals surface area contributed by atoms with Crippen LogP contribution in [0.15, 0.2) is 0 Å². The molecule has 2 atom stereocenters. The van der Waals surface area contributed by atoms with Gasteiger partial charge < -0.3 is 10.8 Å². The van der Waals surface area contributed by atoms with Gasteiger partial charge in [0.1, 0.15) is 0 Å². The van der Waals surface area contributed by atoms with Crippen LogP contribution in [0.1, 0.15) is 6.92 Å². The Labute approximate surface area is 46.3 Å². The second-order valence-electron chi connectivity index (χ2n) is 2.02. The predicted octanol–water partition coefficient (Wildman–Crippen LogP) is -0.429. The van der Waals surface area contributed by atoms with Gasteiger partial charge in [0.2, 0.25) is 0 Å². The summed E-state index contributed by atoms with van der Waals surface area (Å²) in [7, 11) is 2.48. The zero-order valence-corrected chi connectivity index (χ0v) is 5.67. The van der Waals surface area contributed by atoms with Crippen LogP contribution >= 0.6 is 9.24 Å². The molecule has 2 nitrogen and oxygen atoms in total. The van der Waals surface area contributed by atoms with Crippen molar-refractivity contribution in [2.24, 2.45) is 5.73 Å². The summed E-state index contributed by atoms with van der Waals surface area (Å²) in [5, 5.41) is 8.46. The predicted molar refractivity (Wildman–Crippen MR) is 34.3 cm³/mol. The highest BCUT2D eigenvalue weighted by atomic mass is 31.0. The van der Waals surface area contributed by atoms with E-state index in [1.807, 2.05) is 0 Å². The van der Waals surface area contributed by atoms with Crippen molar-refractivity contribution in [2.75, 3.05) is 12.8 Å². The maximum atomic E-state index is 8.46. The van der Waals surface area contributed by atoms with Crippen LogP contribution in [0, 0.1) is 0 Å². The summed E-state index contributed by atoms with van der Waals surface area (Å²) in [5.74, 6) is 0. The molecule has 0 aromatic rings. The van der Waals surface area contributed by atoms with Crippen molar-refractivity contribution < 1.29 is 5.11 Å². The van der Waals surface area contributed by atoms with E-state index in [1.165, 1.54) is 0 Å². The molecule has 3 heteroatoms. The summed E-state index contributed by atoms with van der Waals surface area (Å²) in [4.78, 5) is 0. The van der Waals surface area contributed by atoms with Crippen molar-refractivity contribution in [3.8, 4) is 0 Å². The lowest BCUT2D eigenvalue weighted by molar-refractivity contribution is 0.224. The van der Waals surface area contributed by atoms with Crippen LogP contribution in [-0.2, 0) is 0 Å². The van der Waals surface area contributed by atoms with Crippen molar-refractivity contribution in [1.82, 2.24) is 0 Å². The molecule has 0 aromatic heterocycles. The fourth-order valence-electron chi connectivity index (χ4n) is 0.0645. The minimum atomic E-state index is -0.398. The number of aliphatic hydroxyl groups is 1. The molecule has 0 amide bonds. The molecule has 0 aliphatic carbocycles. The summed E-state index contributed by atoms with van der Waals surface area (Å²) >= 11 is 0. The lowest BCUT2D eigenvalue weighted by atomic mass is 10.1. The van der Waals surface area contributed by atoms with Crippen molar-refractivity contribution in [1.29, 1.82) is 0 Å². The molecule has 0 saturated heterocycles. The summed E-state index contributed by atoms with van der Waals surface area (Å²) < 4.78 is 0. The van der Waals surface area contributed by atoms with E-state index >= 15 is 0 Å². The van der Waals surface area contributed by atoms with Gasteiger partial charge in [-0.15, -0.1) is 9.24 Å². The lowest BCUT2D eigenvalue weighted by Crippen LogP contribution is -2.41. The molecule has 2 unspecified atom stereocenters. The highest BCUT2D eigenvalue weighted by Gasteiger charge is 2.11. The molecule has 0 heterocycles. The highest BCUT2D eigenvalue weighted by Crippen LogP contribution is 2.00. The van der Waals surface area contributed by atoms with Crippen LogP contribution < -0.4 is 5.73 Å². The molecule has 3 N–H and O–H groups in total. The van der Waals surface area contributed by atoms with Crippen molar-refractivity contribution in [2.45, 2.75) is 12.5 Å². The third-order valence-corrected chi connectivity index (χ3v) is 1.76. The Balaban J connectivity index is 3.36. The first-order chi connectivity index (χ1) is 3.12. The number of aliphatic hydroxyl groups excluding tert-OH is 1. The lowest BCUT2D eigenvalue weighted by Gasteiger charge is -2.17. The van der Waals surface area contributed by atoms with Crippen LogP contribution in [0.3, 0.4) is 0 Å². The van der Waals surface area contributed by atoms with E-state index in [0.717, 1.165) is 6.16 Å². The maximum absolute atomic E-state index is 8.46. The summed E-state index contributed by atoms with van der Waals surface area (Å²) in [5.41, 5.74) is 5.05. The average Bonchev–Trinajstić information content (AvgIpc) is 1.68. The fraction of sp³-hybridized carbons (Fsp3) is 1.00. The van der Waals surface area contributed by atoms with Gasteiger partial charge in [0, 0.05) is 5.54 Å². The smallest absolute Gasteiger partial charge is 0.0611 e. The molecule has 0 aliphatic heterocycles. The van der Waals surface area contributed by atoms with Gasteiger partial charge in [0.25, 0.3) is 0 Å². The summed E-state index contributed by atoms with van der Waals surface area (Å²) in [6.07, 6.45) is 0.740. The third-order valence-electron chi connectivity index (χ3n) is 0.828. The quantitative estimate of drug-likeness (QED) is 0.487. The van der Waals surface area contributed by atoms with Gasteiger partial charge in [-0.05, 0) is 13.1 Å². The van der Waals surface area contributed by atoms with Gasteiger partial charge in [-0.3, -0.25) is 0 Å². The Morgan fingerprint density at radius 2 is 2.29 bits per heavy atom. The zero-order chi connectivity index (χ0) is 5.91. The molecule has 0 fully saturated rings. The van der Waals surface area contributed by atoms with Gasteiger partial charge in [0.15, 0.2) is 0 Å². The van der Waals surface area contributed by atoms with E-state index in [4.69, 9.17) is 10.8 Å². The van der Waals surface area contributed by atoms with Crippen molar-refractivity contribution in [3.63, 3.8) is 0 Å². The first kappa shape index (κ1) is 7.35. The minimum absolute atomic E-state index is 0.0521. The molecule has 0 bridgehead atoms. The maximum Gasteiger partial charge on any atom is 0.0611 e. The average molecular weight is 121 g/mol. The second kappa shape index (κ2) is 2.61. The molecule has 0 spiro atoms. The Morgan fingerprint density at radius 3 is 2.29 bits per heavy atom. The molecule has 7 heavy (non-hydrogen) atoms. The normalized spacial score (nSPS) is 18.9. The number of hydrogen-bond acceptors (Lipinski definition) is 2. The second-order valence-corrected chi connectivity index (χ2v) is 2.42. The summed E-state index contributed by atoms with van der Waals surface area (Å²) in [6, 6.07) is 0. The molecule has 0 saturated carbocycles. The molecular formula is C4H12NOP. The van der Waals surface area contributed by atoms with Crippen LogP contribution in [0.2, 0.25) is 0 Å². The highest BCUT2D eigenvalue weighted by molar-refractivity contribution is 7.16. The fourth-order valence-corrected chi connectivity index (χ4v) is 0.194. The molecule has 0 aliphatic rings. The first-order valence-corrected chi connectivity index (χ1v) is 3.04. The topological polar surface area (TPSA) is 46.2 Å². The Kier molecular flexibility index (Phi) is 2.74. The van der Waals surface area contributed by atoms with Crippen LogP contribution in [0.4, 0.5) is 0 Å². The van der Waals surface area contributed by atoms with Crippen molar-refractivity contribution >= 4 is 9.24 Å². The Hall–Kier alpha value is 0.350. The minimum Gasteiger partial charge on any atom is -0.394 e. The Morgan fingerprint density at radius 1 is 1.86 bits per heavy atom. The largest absolute Gasteiger partial charge is 0.394 e.